The molecule has 0 radical (unpaired) electrons. The Bertz CT molecular complexity index is 884. The van der Waals surface area contributed by atoms with E-state index in [9.17, 15) is 18.8 Å². The number of nitrogens with one attached hydrogen (secondary N) is 2. The van der Waals surface area contributed by atoms with Gasteiger partial charge in [0.1, 0.15) is 11.6 Å². The zero-order chi connectivity index (χ0) is 20.8. The van der Waals surface area contributed by atoms with Gasteiger partial charge in [-0.1, -0.05) is 19.1 Å². The fourth-order valence-corrected chi connectivity index (χ4v) is 2.99. The van der Waals surface area contributed by atoms with Gasteiger partial charge in [-0.15, -0.1) is 0 Å². The normalized spacial score (nSPS) is 15.9. The zero-order valence-corrected chi connectivity index (χ0v) is 16.0. The highest BCUT2D eigenvalue weighted by molar-refractivity contribution is 6.00. The SMILES string of the molecule is CCc1ccc(N2C[C@@H](C(=O)NNC(=O)COc3ccc(F)cc3)CC2=O)cc1. The molecule has 7 nitrogen and oxygen atoms in total. The van der Waals surface area contributed by atoms with Crippen LogP contribution in [0.4, 0.5) is 10.1 Å². The molecule has 0 saturated carbocycles. The molecule has 0 bridgehead atoms. The van der Waals surface area contributed by atoms with E-state index in [1.165, 1.54) is 29.8 Å². The maximum Gasteiger partial charge on any atom is 0.276 e. The van der Waals surface area contributed by atoms with Gasteiger partial charge in [0.05, 0.1) is 5.92 Å². The van der Waals surface area contributed by atoms with Crippen molar-refractivity contribution in [3.05, 3.63) is 59.9 Å². The fourth-order valence-electron chi connectivity index (χ4n) is 2.99. The predicted octanol–water partition coefficient (Wildman–Crippen LogP) is 1.97. The number of aryl methyl sites for hydroxylation is 1. The summed E-state index contributed by atoms with van der Waals surface area (Å²) >= 11 is 0. The summed E-state index contributed by atoms with van der Waals surface area (Å²) in [5.41, 5.74) is 6.50. The molecular weight excluding hydrogens is 377 g/mol. The van der Waals surface area contributed by atoms with Crippen LogP contribution in [0.2, 0.25) is 0 Å². The third kappa shape index (κ3) is 5.31. The van der Waals surface area contributed by atoms with Gasteiger partial charge in [0.2, 0.25) is 11.8 Å². The van der Waals surface area contributed by atoms with Crippen molar-refractivity contribution >= 4 is 23.4 Å². The minimum absolute atomic E-state index is 0.0727. The topological polar surface area (TPSA) is 87.7 Å². The van der Waals surface area contributed by atoms with E-state index in [0.29, 0.717) is 5.75 Å². The van der Waals surface area contributed by atoms with Crippen LogP contribution in [0.5, 0.6) is 5.75 Å². The van der Waals surface area contributed by atoms with Gasteiger partial charge >= 0.3 is 0 Å². The lowest BCUT2D eigenvalue weighted by atomic mass is 10.1. The van der Waals surface area contributed by atoms with Crippen molar-refractivity contribution in [3.63, 3.8) is 0 Å². The number of carbonyl (C=O) groups is 3. The highest BCUT2D eigenvalue weighted by atomic mass is 19.1. The van der Waals surface area contributed by atoms with Crippen LogP contribution < -0.4 is 20.5 Å². The van der Waals surface area contributed by atoms with E-state index in [-0.39, 0.29) is 25.5 Å². The number of ether oxygens (including phenoxy) is 1. The lowest BCUT2D eigenvalue weighted by molar-refractivity contribution is -0.132. The van der Waals surface area contributed by atoms with Gasteiger partial charge in [-0.3, -0.25) is 25.2 Å². The van der Waals surface area contributed by atoms with Gasteiger partial charge < -0.3 is 9.64 Å². The Morgan fingerprint density at radius 2 is 1.79 bits per heavy atom. The molecule has 8 heteroatoms. The molecule has 2 aromatic carbocycles. The number of benzene rings is 2. The monoisotopic (exact) mass is 399 g/mol. The maximum atomic E-state index is 12.8. The van der Waals surface area contributed by atoms with Crippen LogP contribution in [-0.4, -0.2) is 30.9 Å². The number of hydrogen-bond acceptors (Lipinski definition) is 4. The summed E-state index contributed by atoms with van der Waals surface area (Å²) in [6.45, 7) is 1.96. The number of nitrogens with zero attached hydrogens (tertiary/aromatic N) is 1. The molecule has 1 saturated heterocycles. The second-order valence-corrected chi connectivity index (χ2v) is 6.71. The number of carbonyl (C=O) groups excluding carboxylic acids is 3. The van der Waals surface area contributed by atoms with Crippen LogP contribution in [-0.2, 0) is 20.8 Å². The lowest BCUT2D eigenvalue weighted by Crippen LogP contribution is -2.46. The van der Waals surface area contributed by atoms with Crippen LogP contribution in [0.3, 0.4) is 0 Å². The standard InChI is InChI=1S/C21H22FN3O4/c1-2-14-3-7-17(8-4-14)25-12-15(11-20(25)27)21(28)24-23-19(26)13-29-18-9-5-16(22)6-10-18/h3-10,15H,2,11-13H2,1H3,(H,23,26)(H,24,28)/t15-/m0/s1. The number of amides is 3. The fraction of sp³-hybridized carbons (Fsp3) is 0.286. The molecule has 2 N–H and O–H groups in total. The van der Waals surface area contributed by atoms with Crippen molar-refractivity contribution in [1.29, 1.82) is 0 Å². The molecule has 29 heavy (non-hydrogen) atoms. The van der Waals surface area contributed by atoms with Gasteiger partial charge in [0, 0.05) is 18.7 Å². The summed E-state index contributed by atoms with van der Waals surface area (Å²) in [6.07, 6.45) is 0.979. The molecule has 0 spiro atoms. The number of rotatable bonds is 6. The van der Waals surface area contributed by atoms with E-state index >= 15 is 0 Å². The molecule has 1 fully saturated rings. The van der Waals surface area contributed by atoms with Crippen LogP contribution in [0, 0.1) is 11.7 Å². The lowest BCUT2D eigenvalue weighted by Gasteiger charge is -2.17. The largest absolute Gasteiger partial charge is 0.484 e. The van der Waals surface area contributed by atoms with Crippen LogP contribution in [0.1, 0.15) is 18.9 Å². The smallest absolute Gasteiger partial charge is 0.276 e. The highest BCUT2D eigenvalue weighted by Gasteiger charge is 2.35. The van der Waals surface area contributed by atoms with Gasteiger partial charge in [0.15, 0.2) is 6.61 Å². The molecule has 3 rings (SSSR count). The molecule has 0 aliphatic carbocycles. The molecule has 2 aromatic rings. The van der Waals surface area contributed by atoms with Crippen molar-refractivity contribution in [2.24, 2.45) is 5.92 Å². The van der Waals surface area contributed by atoms with Crippen LogP contribution in [0.15, 0.2) is 48.5 Å². The van der Waals surface area contributed by atoms with Gasteiger partial charge in [-0.25, -0.2) is 4.39 Å². The Hall–Kier alpha value is -3.42. The van der Waals surface area contributed by atoms with Crippen LogP contribution in [0.25, 0.3) is 0 Å². The first kappa shape index (κ1) is 20.3. The Morgan fingerprint density at radius 1 is 1.10 bits per heavy atom. The summed E-state index contributed by atoms with van der Waals surface area (Å²) in [4.78, 5) is 38.0. The Morgan fingerprint density at radius 3 is 2.45 bits per heavy atom. The molecule has 0 aromatic heterocycles. The van der Waals surface area contributed by atoms with E-state index in [2.05, 4.69) is 17.8 Å². The van der Waals surface area contributed by atoms with Crippen LogP contribution >= 0.6 is 0 Å². The molecule has 1 atom stereocenters. The summed E-state index contributed by atoms with van der Waals surface area (Å²) in [5.74, 6) is -1.79. The first-order valence-electron chi connectivity index (χ1n) is 9.32. The minimum Gasteiger partial charge on any atom is -0.484 e. The Labute approximate surface area is 167 Å². The van der Waals surface area contributed by atoms with Gasteiger partial charge in [0.25, 0.3) is 5.91 Å². The first-order chi connectivity index (χ1) is 14.0. The zero-order valence-electron chi connectivity index (χ0n) is 16.0. The molecule has 1 aliphatic heterocycles. The number of hydrogen-bond donors (Lipinski definition) is 2. The molecular formula is C21H22FN3O4. The second kappa shape index (κ2) is 9.18. The number of anilines is 1. The molecule has 0 unspecified atom stereocenters. The first-order valence-corrected chi connectivity index (χ1v) is 9.32. The van der Waals surface area contributed by atoms with Crippen molar-refractivity contribution in [1.82, 2.24) is 10.9 Å². The average Bonchev–Trinajstić information content (AvgIpc) is 3.13. The predicted molar refractivity (Wildman–Crippen MR) is 104 cm³/mol. The summed E-state index contributed by atoms with van der Waals surface area (Å²) in [7, 11) is 0. The Kier molecular flexibility index (Phi) is 6.43. The van der Waals surface area contributed by atoms with Crippen molar-refractivity contribution in [2.75, 3.05) is 18.1 Å². The average molecular weight is 399 g/mol. The van der Waals surface area contributed by atoms with E-state index in [1.807, 2.05) is 24.3 Å². The molecule has 1 aliphatic rings. The summed E-state index contributed by atoms with van der Waals surface area (Å²) in [5, 5.41) is 0. The van der Waals surface area contributed by atoms with Crippen molar-refractivity contribution in [2.45, 2.75) is 19.8 Å². The second-order valence-electron chi connectivity index (χ2n) is 6.71. The molecule has 152 valence electrons. The number of hydrazine groups is 1. The van der Waals surface area contributed by atoms with Crippen molar-refractivity contribution < 1.29 is 23.5 Å². The van der Waals surface area contributed by atoms with Gasteiger partial charge in [-0.05, 0) is 48.4 Å². The third-order valence-corrected chi connectivity index (χ3v) is 4.66. The highest BCUT2D eigenvalue weighted by Crippen LogP contribution is 2.25. The quantitative estimate of drug-likeness (QED) is 0.727. The van der Waals surface area contributed by atoms with E-state index in [0.717, 1.165) is 12.1 Å². The molecule has 1 heterocycles. The third-order valence-electron chi connectivity index (χ3n) is 4.66. The maximum absolute atomic E-state index is 12.8. The van der Waals surface area contributed by atoms with E-state index in [1.54, 1.807) is 4.90 Å². The van der Waals surface area contributed by atoms with Crippen molar-refractivity contribution in [3.8, 4) is 5.75 Å². The minimum atomic E-state index is -0.570. The number of halogens is 1. The molecule has 3 amide bonds. The Balaban J connectivity index is 1.46. The summed E-state index contributed by atoms with van der Waals surface area (Å²) in [6, 6.07) is 12.9. The van der Waals surface area contributed by atoms with Gasteiger partial charge in [-0.2, -0.15) is 0 Å². The summed E-state index contributed by atoms with van der Waals surface area (Å²) < 4.78 is 18.0. The van der Waals surface area contributed by atoms with E-state index < -0.39 is 23.5 Å². The van der Waals surface area contributed by atoms with E-state index in [4.69, 9.17) is 4.74 Å².